The summed E-state index contributed by atoms with van der Waals surface area (Å²) in [5.41, 5.74) is 1.14. The van der Waals surface area contributed by atoms with Crippen molar-refractivity contribution in [3.8, 4) is 5.75 Å². The minimum absolute atomic E-state index is 0. The number of hydrogen-bond acceptors (Lipinski definition) is 4. The van der Waals surface area contributed by atoms with Gasteiger partial charge in [0.1, 0.15) is 13.6 Å². The molecule has 0 aromatic heterocycles. The second kappa shape index (κ2) is 14.0. The Kier molecular flexibility index (Phi) is 13.9. The maximum atomic E-state index is 10.5. The number of benzene rings is 1. The van der Waals surface area contributed by atoms with E-state index < -0.39 is 7.82 Å². The Morgan fingerprint density at radius 2 is 1.29 bits per heavy atom. The van der Waals surface area contributed by atoms with Crippen LogP contribution in [0.15, 0.2) is 24.3 Å². The molecule has 0 spiro atoms. The first-order chi connectivity index (χ1) is 11.0. The Morgan fingerprint density at radius 1 is 0.833 bits per heavy atom. The molecule has 0 saturated carbocycles. The van der Waals surface area contributed by atoms with E-state index >= 15 is 0 Å². The number of rotatable bonds is 13. The Balaban J connectivity index is 0.00000529. The van der Waals surface area contributed by atoms with Gasteiger partial charge in [-0.2, -0.15) is 0 Å². The molecule has 0 unspecified atom stereocenters. The molecule has 0 heterocycles. The minimum atomic E-state index is -4.95. The average Bonchev–Trinajstić information content (AvgIpc) is 2.49. The zero-order chi connectivity index (χ0) is 17.0. The van der Waals surface area contributed by atoms with Crippen molar-refractivity contribution in [1.82, 2.24) is 0 Å². The van der Waals surface area contributed by atoms with Crippen molar-refractivity contribution in [3.05, 3.63) is 29.8 Å². The predicted octanol–water partition coefficient (Wildman–Crippen LogP) is 4.36. The fourth-order valence-electron chi connectivity index (χ4n) is 2.66. The van der Waals surface area contributed by atoms with E-state index in [0.29, 0.717) is 0 Å². The van der Waals surface area contributed by atoms with Gasteiger partial charge in [0.2, 0.25) is 0 Å². The molecule has 0 radical (unpaired) electrons. The zero-order valence-corrected chi connectivity index (χ0v) is 18.7. The smallest absolute Gasteiger partial charge is 0.780 e. The van der Waals surface area contributed by atoms with Gasteiger partial charge >= 0.3 is 19.5 Å². The van der Waals surface area contributed by atoms with Crippen LogP contribution in [0.5, 0.6) is 5.75 Å². The standard InChI is InChI=1S/C18H31O4P.Zn/c1-2-3-4-5-6-7-8-9-10-11-12-17-13-15-18(16-14-17)22-23(19,20)21;/h13-16H,2-12H2,1H3,(H2,19,20,21);/q;+2/p-2. The van der Waals surface area contributed by atoms with Crippen LogP contribution in [0.3, 0.4) is 0 Å². The van der Waals surface area contributed by atoms with Gasteiger partial charge in [0.05, 0.1) is 0 Å². The first-order valence-electron chi connectivity index (χ1n) is 8.82. The van der Waals surface area contributed by atoms with Crippen LogP contribution >= 0.6 is 7.82 Å². The van der Waals surface area contributed by atoms with Crippen LogP contribution in [-0.2, 0) is 30.5 Å². The van der Waals surface area contributed by atoms with Crippen LogP contribution in [0.25, 0.3) is 0 Å². The summed E-state index contributed by atoms with van der Waals surface area (Å²) in [4.78, 5) is 21.0. The van der Waals surface area contributed by atoms with Gasteiger partial charge < -0.3 is 18.9 Å². The molecule has 132 valence electrons. The molecule has 1 aromatic carbocycles. The molecule has 4 nitrogen and oxygen atoms in total. The molecule has 0 aliphatic carbocycles. The molecular weight excluding hydrogens is 377 g/mol. The van der Waals surface area contributed by atoms with Gasteiger partial charge in [0, 0.05) is 0 Å². The fourth-order valence-corrected chi connectivity index (χ4v) is 3.04. The molecule has 0 aliphatic heterocycles. The predicted molar refractivity (Wildman–Crippen MR) is 90.2 cm³/mol. The molecule has 0 atom stereocenters. The van der Waals surface area contributed by atoms with Crippen molar-refractivity contribution in [2.75, 3.05) is 0 Å². The third kappa shape index (κ3) is 13.1. The van der Waals surface area contributed by atoms with Crippen molar-refractivity contribution in [2.24, 2.45) is 0 Å². The first kappa shape index (κ1) is 23.8. The van der Waals surface area contributed by atoms with Gasteiger partial charge in [-0.25, -0.2) is 0 Å². The molecule has 0 amide bonds. The molecule has 1 aromatic rings. The normalized spacial score (nSPS) is 11.1. The molecule has 0 fully saturated rings. The topological polar surface area (TPSA) is 72.4 Å². The Hall–Kier alpha value is -0.207. The Morgan fingerprint density at radius 3 is 1.75 bits per heavy atom. The van der Waals surface area contributed by atoms with E-state index in [0.717, 1.165) is 18.4 Å². The third-order valence-electron chi connectivity index (χ3n) is 3.96. The maximum Gasteiger partial charge on any atom is 2.00 e. The maximum absolute atomic E-state index is 10.5. The minimum Gasteiger partial charge on any atom is -0.780 e. The summed E-state index contributed by atoms with van der Waals surface area (Å²) in [5.74, 6) is 0.0881. The number of phosphoric acid groups is 1. The van der Waals surface area contributed by atoms with E-state index in [4.69, 9.17) is 0 Å². The molecule has 1 rings (SSSR count). The summed E-state index contributed by atoms with van der Waals surface area (Å²) < 4.78 is 14.8. The van der Waals surface area contributed by atoms with Crippen LogP contribution < -0.4 is 14.3 Å². The zero-order valence-electron chi connectivity index (χ0n) is 14.9. The summed E-state index contributed by atoms with van der Waals surface area (Å²) >= 11 is 0. The molecule has 24 heavy (non-hydrogen) atoms. The molecule has 0 saturated heterocycles. The number of phosphoric ester groups is 1. The number of hydrogen-bond donors (Lipinski definition) is 0. The summed E-state index contributed by atoms with van der Waals surface area (Å²) in [6.07, 6.45) is 14.1. The average molecular weight is 406 g/mol. The SMILES string of the molecule is CCCCCCCCCCCCc1ccc(OP(=O)([O-])[O-])cc1.[Zn+2]. The van der Waals surface area contributed by atoms with Crippen molar-refractivity contribution < 1.29 is 38.4 Å². The van der Waals surface area contributed by atoms with Gasteiger partial charge in [0.25, 0.3) is 0 Å². The second-order valence-corrected chi connectivity index (χ2v) is 7.19. The largest absolute Gasteiger partial charge is 2.00 e. The van der Waals surface area contributed by atoms with Crippen LogP contribution in [0, 0.1) is 0 Å². The van der Waals surface area contributed by atoms with E-state index in [9.17, 15) is 14.4 Å². The molecular formula is C18H29O4PZn. The summed E-state index contributed by atoms with van der Waals surface area (Å²) in [6, 6.07) is 6.71. The van der Waals surface area contributed by atoms with Crippen LogP contribution in [0.1, 0.15) is 76.7 Å². The van der Waals surface area contributed by atoms with Gasteiger partial charge in [-0.3, -0.25) is 0 Å². The monoisotopic (exact) mass is 404 g/mol. The van der Waals surface area contributed by atoms with Gasteiger partial charge in [-0.15, -0.1) is 0 Å². The fraction of sp³-hybridized carbons (Fsp3) is 0.667. The number of unbranched alkanes of at least 4 members (excludes halogenated alkanes) is 9. The molecule has 0 aliphatic rings. The van der Waals surface area contributed by atoms with Gasteiger partial charge in [-0.1, -0.05) is 76.8 Å². The van der Waals surface area contributed by atoms with Crippen LogP contribution in [0.2, 0.25) is 0 Å². The van der Waals surface area contributed by atoms with E-state index in [2.05, 4.69) is 11.4 Å². The van der Waals surface area contributed by atoms with E-state index in [1.807, 2.05) is 12.1 Å². The van der Waals surface area contributed by atoms with Crippen molar-refractivity contribution in [2.45, 2.75) is 77.6 Å². The number of aryl methyl sites for hydroxylation is 1. The summed E-state index contributed by atoms with van der Waals surface area (Å²) in [7, 11) is -4.95. The molecule has 0 bridgehead atoms. The van der Waals surface area contributed by atoms with Crippen molar-refractivity contribution in [3.63, 3.8) is 0 Å². The second-order valence-electron chi connectivity index (χ2n) is 6.11. The summed E-state index contributed by atoms with van der Waals surface area (Å²) in [5, 5.41) is 0. The van der Waals surface area contributed by atoms with Crippen LogP contribution in [0.4, 0.5) is 0 Å². The Labute approximate surface area is 159 Å². The molecule has 6 heteroatoms. The van der Waals surface area contributed by atoms with E-state index in [1.54, 1.807) is 0 Å². The van der Waals surface area contributed by atoms with Crippen LogP contribution in [-0.4, -0.2) is 0 Å². The Bertz CT molecular complexity index is 459. The van der Waals surface area contributed by atoms with Gasteiger partial charge in [0.15, 0.2) is 0 Å². The summed E-state index contributed by atoms with van der Waals surface area (Å²) in [6.45, 7) is 2.24. The quantitative estimate of drug-likeness (QED) is 0.278. The van der Waals surface area contributed by atoms with E-state index in [-0.39, 0.29) is 25.2 Å². The van der Waals surface area contributed by atoms with Crippen molar-refractivity contribution in [1.29, 1.82) is 0 Å². The molecule has 0 N–H and O–H groups in total. The van der Waals surface area contributed by atoms with Gasteiger partial charge in [-0.05, 0) is 30.5 Å². The van der Waals surface area contributed by atoms with Crippen molar-refractivity contribution >= 4 is 7.82 Å². The van der Waals surface area contributed by atoms with E-state index in [1.165, 1.54) is 69.9 Å². The third-order valence-corrected chi connectivity index (χ3v) is 4.39. The first-order valence-corrected chi connectivity index (χ1v) is 10.3.